The van der Waals surface area contributed by atoms with Crippen molar-refractivity contribution < 1.29 is 13.2 Å². The molecule has 0 aliphatic heterocycles. The average Bonchev–Trinajstić information content (AvgIpc) is 2.57. The van der Waals surface area contributed by atoms with Crippen molar-refractivity contribution in [3.8, 4) is 0 Å². The van der Waals surface area contributed by atoms with E-state index >= 15 is 0 Å². The Kier molecular flexibility index (Phi) is 2.22. The largest absolute Gasteiger partial charge is 0.428 e. The Balaban J connectivity index is 2.41. The summed E-state index contributed by atoms with van der Waals surface area (Å²) in [5.74, 6) is 0. The molecule has 0 aliphatic rings. The normalized spacial score (nSPS) is 12.7. The Hall–Kier alpha value is -1.78. The highest BCUT2D eigenvalue weighted by atomic mass is 19.4. The lowest BCUT2D eigenvalue weighted by molar-refractivity contribution is -0.0539. The SMILES string of the molecule is FC(F)(F)/C=N/n1ccc2ccccc21. The number of nitrogens with zero attached hydrogens (tertiary/aromatic N) is 2. The van der Waals surface area contributed by atoms with Crippen molar-refractivity contribution in [1.29, 1.82) is 0 Å². The summed E-state index contributed by atoms with van der Waals surface area (Å²) in [4.78, 5) is 0. The van der Waals surface area contributed by atoms with Crippen LogP contribution in [0.1, 0.15) is 0 Å². The molecule has 78 valence electrons. The van der Waals surface area contributed by atoms with Crippen LogP contribution in [0.15, 0.2) is 41.6 Å². The second-order valence-corrected chi connectivity index (χ2v) is 3.01. The van der Waals surface area contributed by atoms with Crippen LogP contribution in [0.25, 0.3) is 10.9 Å². The second kappa shape index (κ2) is 3.42. The summed E-state index contributed by atoms with van der Waals surface area (Å²) in [7, 11) is 0. The summed E-state index contributed by atoms with van der Waals surface area (Å²) in [5, 5.41) is 4.19. The minimum atomic E-state index is -4.38. The minimum Gasteiger partial charge on any atom is -0.240 e. The number of rotatable bonds is 1. The number of benzene rings is 1. The van der Waals surface area contributed by atoms with Gasteiger partial charge in [0.25, 0.3) is 0 Å². The zero-order chi connectivity index (χ0) is 10.9. The summed E-state index contributed by atoms with van der Waals surface area (Å²) in [6.07, 6.45) is -2.92. The van der Waals surface area contributed by atoms with E-state index < -0.39 is 6.18 Å². The van der Waals surface area contributed by atoms with E-state index in [1.54, 1.807) is 18.2 Å². The Bertz CT molecular complexity index is 497. The summed E-state index contributed by atoms with van der Waals surface area (Å²) >= 11 is 0. The quantitative estimate of drug-likeness (QED) is 0.646. The molecule has 15 heavy (non-hydrogen) atoms. The van der Waals surface area contributed by atoms with Gasteiger partial charge in [-0.2, -0.15) is 18.3 Å². The first kappa shape index (κ1) is 9.76. The van der Waals surface area contributed by atoms with Gasteiger partial charge in [-0.3, -0.25) is 0 Å². The van der Waals surface area contributed by atoms with Crippen molar-refractivity contribution in [2.75, 3.05) is 0 Å². The fourth-order valence-corrected chi connectivity index (χ4v) is 1.30. The van der Waals surface area contributed by atoms with Crippen LogP contribution in [-0.2, 0) is 0 Å². The molecule has 0 aliphatic carbocycles. The maximum absolute atomic E-state index is 11.9. The van der Waals surface area contributed by atoms with Crippen molar-refractivity contribution in [3.63, 3.8) is 0 Å². The predicted molar refractivity (Wildman–Crippen MR) is 51.9 cm³/mol. The average molecular weight is 212 g/mol. The van der Waals surface area contributed by atoms with Crippen LogP contribution in [0.2, 0.25) is 0 Å². The van der Waals surface area contributed by atoms with Crippen molar-refractivity contribution >= 4 is 17.1 Å². The monoisotopic (exact) mass is 212 g/mol. The zero-order valence-electron chi connectivity index (χ0n) is 7.57. The first-order valence-electron chi connectivity index (χ1n) is 4.24. The third-order valence-electron chi connectivity index (χ3n) is 1.91. The van der Waals surface area contributed by atoms with Crippen LogP contribution >= 0.6 is 0 Å². The molecule has 1 heterocycles. The fourth-order valence-electron chi connectivity index (χ4n) is 1.30. The van der Waals surface area contributed by atoms with E-state index in [0.29, 0.717) is 5.52 Å². The first-order valence-corrected chi connectivity index (χ1v) is 4.24. The Morgan fingerprint density at radius 3 is 2.60 bits per heavy atom. The lowest BCUT2D eigenvalue weighted by atomic mass is 10.3. The fraction of sp³-hybridized carbons (Fsp3) is 0.100. The van der Waals surface area contributed by atoms with Crippen LogP contribution in [0.4, 0.5) is 13.2 Å². The van der Waals surface area contributed by atoms with Crippen LogP contribution in [-0.4, -0.2) is 17.1 Å². The number of aromatic nitrogens is 1. The van der Waals surface area contributed by atoms with Gasteiger partial charge in [-0.05, 0) is 12.1 Å². The van der Waals surface area contributed by atoms with Crippen LogP contribution in [0.5, 0.6) is 0 Å². The summed E-state index contributed by atoms with van der Waals surface area (Å²) in [6.45, 7) is 0. The molecule has 0 N–H and O–H groups in total. The maximum atomic E-state index is 11.9. The molecule has 2 aromatic rings. The molecule has 0 fully saturated rings. The predicted octanol–water partition coefficient (Wildman–Crippen LogP) is 3.04. The van der Waals surface area contributed by atoms with E-state index in [2.05, 4.69) is 5.10 Å². The third kappa shape index (κ3) is 2.18. The number of hydrogen-bond donors (Lipinski definition) is 0. The highest BCUT2D eigenvalue weighted by Gasteiger charge is 2.23. The Morgan fingerprint density at radius 2 is 1.87 bits per heavy atom. The molecule has 1 aromatic carbocycles. The number of alkyl halides is 3. The van der Waals surface area contributed by atoms with Gasteiger partial charge in [-0.25, -0.2) is 4.68 Å². The number of halogens is 3. The van der Waals surface area contributed by atoms with Gasteiger partial charge in [-0.1, -0.05) is 18.2 Å². The molecule has 0 spiro atoms. The molecule has 2 rings (SSSR count). The lowest BCUT2D eigenvalue weighted by Crippen LogP contribution is -2.09. The molecule has 0 atom stereocenters. The molecule has 5 heteroatoms. The second-order valence-electron chi connectivity index (χ2n) is 3.01. The lowest BCUT2D eigenvalue weighted by Gasteiger charge is -1.99. The summed E-state index contributed by atoms with van der Waals surface area (Å²) in [5.41, 5.74) is 0.651. The van der Waals surface area contributed by atoms with Gasteiger partial charge in [0.05, 0.1) is 5.52 Å². The number of para-hydroxylation sites is 1. The smallest absolute Gasteiger partial charge is 0.240 e. The highest BCUT2D eigenvalue weighted by Crippen LogP contribution is 2.16. The van der Waals surface area contributed by atoms with Crippen molar-refractivity contribution in [2.24, 2.45) is 5.10 Å². The van der Waals surface area contributed by atoms with E-state index in [0.717, 1.165) is 5.39 Å². The molecule has 0 amide bonds. The van der Waals surface area contributed by atoms with Gasteiger partial charge in [0.1, 0.15) is 6.21 Å². The van der Waals surface area contributed by atoms with E-state index in [4.69, 9.17) is 0 Å². The molecule has 1 aromatic heterocycles. The molecule has 0 radical (unpaired) electrons. The maximum Gasteiger partial charge on any atom is 0.428 e. The van der Waals surface area contributed by atoms with Crippen molar-refractivity contribution in [1.82, 2.24) is 4.68 Å². The molecular formula is C10H7F3N2. The summed E-state index contributed by atoms with van der Waals surface area (Å²) < 4.78 is 36.9. The minimum absolute atomic E-state index is 0.0283. The van der Waals surface area contributed by atoms with E-state index in [9.17, 15) is 13.2 Å². The van der Waals surface area contributed by atoms with E-state index in [1.807, 2.05) is 12.1 Å². The molecule has 0 bridgehead atoms. The van der Waals surface area contributed by atoms with Crippen LogP contribution < -0.4 is 0 Å². The van der Waals surface area contributed by atoms with Gasteiger partial charge in [0.15, 0.2) is 0 Å². The third-order valence-corrected chi connectivity index (χ3v) is 1.91. The van der Waals surface area contributed by atoms with Crippen molar-refractivity contribution in [2.45, 2.75) is 6.18 Å². The highest BCUT2D eigenvalue weighted by molar-refractivity contribution is 5.80. The van der Waals surface area contributed by atoms with Crippen molar-refractivity contribution in [3.05, 3.63) is 36.5 Å². The van der Waals surface area contributed by atoms with Crippen LogP contribution in [0, 0.1) is 0 Å². The van der Waals surface area contributed by atoms with Gasteiger partial charge in [0, 0.05) is 11.6 Å². The molecule has 0 saturated carbocycles. The van der Waals surface area contributed by atoms with Gasteiger partial charge in [0.2, 0.25) is 0 Å². The summed E-state index contributed by atoms with van der Waals surface area (Å²) in [6, 6.07) is 8.81. The standard InChI is InChI=1S/C10H7F3N2/c11-10(12,13)7-14-15-6-5-8-3-1-2-4-9(8)15/h1-7H/b14-7+. The number of fused-ring (bicyclic) bond motifs is 1. The van der Waals surface area contributed by atoms with E-state index in [-0.39, 0.29) is 6.21 Å². The number of hydrogen-bond acceptors (Lipinski definition) is 1. The topological polar surface area (TPSA) is 17.3 Å². The van der Waals surface area contributed by atoms with E-state index in [1.165, 1.54) is 10.9 Å². The molecular weight excluding hydrogens is 205 g/mol. The Morgan fingerprint density at radius 1 is 1.13 bits per heavy atom. The van der Waals surface area contributed by atoms with Gasteiger partial charge < -0.3 is 0 Å². The molecule has 2 nitrogen and oxygen atoms in total. The zero-order valence-corrected chi connectivity index (χ0v) is 7.57. The first-order chi connectivity index (χ1) is 7.06. The molecule has 0 saturated heterocycles. The van der Waals surface area contributed by atoms with Crippen LogP contribution in [0.3, 0.4) is 0 Å². The molecule has 0 unspecified atom stereocenters. The Labute approximate surface area is 83.6 Å². The van der Waals surface area contributed by atoms with Gasteiger partial charge >= 0.3 is 6.18 Å². The van der Waals surface area contributed by atoms with Gasteiger partial charge in [-0.15, -0.1) is 0 Å².